The zero-order chi connectivity index (χ0) is 11.5. The molecule has 16 heavy (non-hydrogen) atoms. The van der Waals surface area contributed by atoms with Gasteiger partial charge in [0.05, 0.1) is 12.3 Å². The van der Waals surface area contributed by atoms with Crippen LogP contribution in [0.1, 0.15) is 25.0 Å². The van der Waals surface area contributed by atoms with Crippen LogP contribution < -0.4 is 4.74 Å². The normalized spacial score (nSPS) is 14.2. The Morgan fingerprint density at radius 1 is 1.44 bits per heavy atom. The van der Waals surface area contributed by atoms with Gasteiger partial charge in [-0.25, -0.2) is 4.79 Å². The Balaban J connectivity index is 2.21. The molecule has 0 saturated carbocycles. The van der Waals surface area contributed by atoms with Crippen LogP contribution in [-0.4, -0.2) is 18.3 Å². The number of hydrogen-bond donors (Lipinski definition) is 0. The third-order valence-corrected chi connectivity index (χ3v) is 2.42. The molecule has 0 fully saturated rings. The van der Waals surface area contributed by atoms with Gasteiger partial charge in [-0.1, -0.05) is 5.16 Å². The first kappa shape index (κ1) is 10.7. The molecule has 4 heteroatoms. The molecule has 0 atom stereocenters. The quantitative estimate of drug-likeness (QED) is 0.433. The minimum atomic E-state index is -0.413. The number of benzene rings is 1. The molecule has 1 aromatic carbocycles. The first-order valence-electron chi connectivity index (χ1n) is 5.15. The lowest BCUT2D eigenvalue weighted by Gasteiger charge is -2.03. The Morgan fingerprint density at radius 3 is 3.00 bits per heavy atom. The number of oxime groups is 1. The third-order valence-electron chi connectivity index (χ3n) is 2.42. The summed E-state index contributed by atoms with van der Waals surface area (Å²) in [7, 11) is 0. The molecule has 1 aliphatic heterocycles. The summed E-state index contributed by atoms with van der Waals surface area (Å²) in [5.41, 5.74) is 2.81. The van der Waals surface area contributed by atoms with E-state index in [4.69, 9.17) is 4.74 Å². The zero-order valence-corrected chi connectivity index (χ0v) is 9.32. The van der Waals surface area contributed by atoms with Crippen LogP contribution in [-0.2, 0) is 16.1 Å². The fraction of sp³-hybridized carbons (Fsp3) is 0.333. The van der Waals surface area contributed by atoms with Crippen molar-refractivity contribution in [1.82, 2.24) is 0 Å². The van der Waals surface area contributed by atoms with Crippen LogP contribution in [0.15, 0.2) is 23.4 Å². The molecule has 0 radical (unpaired) electrons. The lowest BCUT2D eigenvalue weighted by molar-refractivity contribution is -0.140. The van der Waals surface area contributed by atoms with E-state index in [0.29, 0.717) is 5.71 Å². The Morgan fingerprint density at radius 2 is 2.25 bits per heavy atom. The van der Waals surface area contributed by atoms with Crippen molar-refractivity contribution in [1.29, 1.82) is 0 Å². The number of carbonyl (C=O) groups excluding carboxylic acids is 1. The Labute approximate surface area is 93.9 Å². The first-order valence-corrected chi connectivity index (χ1v) is 5.15. The molecular formula is C12H13NO3. The summed E-state index contributed by atoms with van der Waals surface area (Å²) < 4.78 is 5.41. The maximum atomic E-state index is 10.6. The van der Waals surface area contributed by atoms with Gasteiger partial charge in [0.2, 0.25) is 0 Å². The van der Waals surface area contributed by atoms with E-state index in [0.717, 1.165) is 24.3 Å². The van der Waals surface area contributed by atoms with Crippen molar-refractivity contribution >= 4 is 11.7 Å². The van der Waals surface area contributed by atoms with E-state index in [1.165, 1.54) is 12.5 Å². The molecule has 0 saturated heterocycles. The molecule has 0 aliphatic carbocycles. The molecule has 0 spiro atoms. The number of carbonyl (C=O) groups is 1. The van der Waals surface area contributed by atoms with Crippen LogP contribution in [0.25, 0.3) is 0 Å². The van der Waals surface area contributed by atoms with E-state index in [1.807, 2.05) is 18.2 Å². The topological polar surface area (TPSA) is 47.9 Å². The lowest BCUT2D eigenvalue weighted by atomic mass is 10.1. The van der Waals surface area contributed by atoms with Crippen molar-refractivity contribution in [2.75, 3.05) is 6.61 Å². The molecule has 0 unspecified atom stereocenters. The summed E-state index contributed by atoms with van der Waals surface area (Å²) in [4.78, 5) is 15.2. The highest BCUT2D eigenvalue weighted by atomic mass is 16.7. The highest BCUT2D eigenvalue weighted by molar-refractivity contribution is 5.99. The van der Waals surface area contributed by atoms with E-state index >= 15 is 0 Å². The molecule has 0 aromatic heterocycles. The van der Waals surface area contributed by atoms with Gasteiger partial charge in [0.1, 0.15) is 5.75 Å². The SMILES string of the molecule is CC(=O)O/N=C(\C)c1ccc2c(c1)CCO2. The van der Waals surface area contributed by atoms with Gasteiger partial charge in [0, 0.05) is 13.3 Å². The first-order chi connectivity index (χ1) is 7.66. The second-order valence-electron chi connectivity index (χ2n) is 3.68. The Bertz CT molecular complexity index is 452. The zero-order valence-electron chi connectivity index (χ0n) is 9.32. The predicted octanol–water partition coefficient (Wildman–Crippen LogP) is 1.91. The number of rotatable bonds is 2. The van der Waals surface area contributed by atoms with Crippen molar-refractivity contribution < 1.29 is 14.4 Å². The minimum absolute atomic E-state index is 0.413. The van der Waals surface area contributed by atoms with Crippen molar-refractivity contribution in [2.24, 2.45) is 5.16 Å². The molecule has 1 aromatic rings. The summed E-state index contributed by atoms with van der Waals surface area (Å²) >= 11 is 0. The highest BCUT2D eigenvalue weighted by Gasteiger charge is 2.12. The number of nitrogens with zero attached hydrogens (tertiary/aromatic N) is 1. The van der Waals surface area contributed by atoms with Crippen molar-refractivity contribution in [3.8, 4) is 5.75 Å². The van der Waals surface area contributed by atoms with Crippen LogP contribution in [0.5, 0.6) is 5.75 Å². The van der Waals surface area contributed by atoms with Crippen LogP contribution in [0.3, 0.4) is 0 Å². The van der Waals surface area contributed by atoms with E-state index in [9.17, 15) is 4.79 Å². The summed E-state index contributed by atoms with van der Waals surface area (Å²) in [6, 6.07) is 5.85. The standard InChI is InChI=1S/C12H13NO3/c1-8(13-16-9(2)14)10-3-4-12-11(7-10)5-6-15-12/h3-4,7H,5-6H2,1-2H3/b13-8+. The second kappa shape index (κ2) is 4.35. The molecule has 84 valence electrons. The van der Waals surface area contributed by atoms with Crippen LogP contribution in [0.4, 0.5) is 0 Å². The average Bonchev–Trinajstić information content (AvgIpc) is 2.72. The number of ether oxygens (including phenoxy) is 1. The minimum Gasteiger partial charge on any atom is -0.493 e. The molecule has 2 rings (SSSR count). The number of hydrogen-bond acceptors (Lipinski definition) is 4. The van der Waals surface area contributed by atoms with E-state index < -0.39 is 5.97 Å². The lowest BCUT2D eigenvalue weighted by Crippen LogP contribution is -1.99. The average molecular weight is 219 g/mol. The van der Waals surface area contributed by atoms with Crippen LogP contribution >= 0.6 is 0 Å². The van der Waals surface area contributed by atoms with Crippen molar-refractivity contribution in [3.05, 3.63) is 29.3 Å². The van der Waals surface area contributed by atoms with Crippen LogP contribution in [0.2, 0.25) is 0 Å². The Hall–Kier alpha value is -1.84. The highest BCUT2D eigenvalue weighted by Crippen LogP contribution is 2.26. The van der Waals surface area contributed by atoms with Crippen LogP contribution in [0, 0.1) is 0 Å². The van der Waals surface area contributed by atoms with E-state index in [1.54, 1.807) is 6.92 Å². The fourth-order valence-corrected chi connectivity index (χ4v) is 1.60. The van der Waals surface area contributed by atoms with Gasteiger partial charge >= 0.3 is 5.97 Å². The van der Waals surface area contributed by atoms with Gasteiger partial charge in [-0.05, 0) is 36.2 Å². The van der Waals surface area contributed by atoms with Gasteiger partial charge in [-0.3, -0.25) is 0 Å². The van der Waals surface area contributed by atoms with Gasteiger partial charge in [-0.2, -0.15) is 0 Å². The second-order valence-corrected chi connectivity index (χ2v) is 3.68. The largest absolute Gasteiger partial charge is 0.493 e. The smallest absolute Gasteiger partial charge is 0.331 e. The maximum Gasteiger partial charge on any atom is 0.331 e. The summed E-state index contributed by atoms with van der Waals surface area (Å²) in [5, 5.41) is 3.75. The molecule has 1 aliphatic rings. The summed E-state index contributed by atoms with van der Waals surface area (Å²) in [6.07, 6.45) is 0.921. The third kappa shape index (κ3) is 2.21. The number of fused-ring (bicyclic) bond motifs is 1. The van der Waals surface area contributed by atoms with Crippen molar-refractivity contribution in [3.63, 3.8) is 0 Å². The molecule has 0 bridgehead atoms. The predicted molar refractivity (Wildman–Crippen MR) is 59.6 cm³/mol. The van der Waals surface area contributed by atoms with Gasteiger partial charge in [-0.15, -0.1) is 0 Å². The Kier molecular flexibility index (Phi) is 2.90. The van der Waals surface area contributed by atoms with Gasteiger partial charge in [0.15, 0.2) is 0 Å². The summed E-state index contributed by atoms with van der Waals surface area (Å²) in [6.45, 7) is 3.87. The van der Waals surface area contributed by atoms with Crippen molar-refractivity contribution in [2.45, 2.75) is 20.3 Å². The molecule has 0 amide bonds. The van der Waals surface area contributed by atoms with E-state index in [2.05, 4.69) is 9.99 Å². The molecule has 1 heterocycles. The fourth-order valence-electron chi connectivity index (χ4n) is 1.60. The van der Waals surface area contributed by atoms with Gasteiger partial charge < -0.3 is 9.57 Å². The van der Waals surface area contributed by atoms with Gasteiger partial charge in [0.25, 0.3) is 0 Å². The maximum absolute atomic E-state index is 10.6. The van der Waals surface area contributed by atoms with E-state index in [-0.39, 0.29) is 0 Å². The monoisotopic (exact) mass is 219 g/mol. The molecule has 0 N–H and O–H groups in total. The summed E-state index contributed by atoms with van der Waals surface area (Å²) in [5.74, 6) is 0.521. The molecular weight excluding hydrogens is 206 g/mol. The molecule has 4 nitrogen and oxygen atoms in total.